The van der Waals surface area contributed by atoms with Crippen LogP contribution in [0.5, 0.6) is 11.5 Å². The lowest BCUT2D eigenvalue weighted by atomic mass is 9.57. The Labute approximate surface area is 238 Å². The number of aliphatic hydroxyl groups is 3. The lowest BCUT2D eigenvalue weighted by molar-refractivity contribution is -0.131. The number of likely N-dealkylation sites (N-methyl/N-ethyl adjacent to an activating group) is 1. The van der Waals surface area contributed by atoms with Gasteiger partial charge in [-0.05, 0) is 55.9 Å². The van der Waals surface area contributed by atoms with Crippen LogP contribution in [0.3, 0.4) is 0 Å². The highest BCUT2D eigenvalue weighted by molar-refractivity contribution is 6.22. The molecule has 0 aliphatic heterocycles. The number of amides is 2. The number of anilines is 1. The van der Waals surface area contributed by atoms with E-state index >= 15 is 0 Å². The minimum atomic E-state index is -1.58. The van der Waals surface area contributed by atoms with Gasteiger partial charge in [0.2, 0.25) is 0 Å². The van der Waals surface area contributed by atoms with Crippen LogP contribution in [-0.4, -0.2) is 75.1 Å². The van der Waals surface area contributed by atoms with E-state index in [4.69, 9.17) is 10.5 Å². The van der Waals surface area contributed by atoms with Crippen molar-refractivity contribution in [2.24, 2.45) is 23.5 Å². The predicted octanol–water partition coefficient (Wildman–Crippen LogP) is 2.29. The Morgan fingerprint density at radius 2 is 1.67 bits per heavy atom. The first-order valence-electron chi connectivity index (χ1n) is 13.0. The third-order valence-electron chi connectivity index (χ3n) is 8.26. The van der Waals surface area contributed by atoms with Crippen LogP contribution in [0.15, 0.2) is 59.1 Å². The molecule has 42 heavy (non-hydrogen) atoms. The third kappa shape index (κ3) is 4.28. The van der Waals surface area contributed by atoms with Gasteiger partial charge in [0.1, 0.15) is 28.7 Å². The summed E-state index contributed by atoms with van der Waals surface area (Å²) in [5.41, 5.74) is 4.12. The molecule has 13 heteroatoms. The van der Waals surface area contributed by atoms with Crippen molar-refractivity contribution in [3.8, 4) is 11.5 Å². The number of ketones is 2. The monoisotopic (exact) mass is 581 g/mol. The van der Waals surface area contributed by atoms with Crippen molar-refractivity contribution in [2.75, 3.05) is 19.4 Å². The van der Waals surface area contributed by atoms with Crippen LogP contribution in [0, 0.1) is 23.6 Å². The molecule has 0 fully saturated rings. The lowest BCUT2D eigenvalue weighted by Gasteiger charge is -2.50. The predicted molar refractivity (Wildman–Crippen MR) is 144 cm³/mol. The number of nitrogens with one attached hydrogen (secondary N) is 1. The number of aromatic hydroxyl groups is 1. The van der Waals surface area contributed by atoms with E-state index < -0.39 is 88.0 Å². The van der Waals surface area contributed by atoms with E-state index in [1.54, 1.807) is 21.0 Å². The van der Waals surface area contributed by atoms with Crippen molar-refractivity contribution in [1.29, 1.82) is 0 Å². The van der Waals surface area contributed by atoms with Gasteiger partial charge < -0.3 is 30.9 Å². The molecular weight excluding hydrogens is 553 g/mol. The Morgan fingerprint density at radius 3 is 2.26 bits per heavy atom. The standard InChI is InChI=1S/C29H28FN3O9/c1-10-13-8-9-14(32-29(41)42-12-6-4-11(30)5-7-12)22(34)16(13)24(36)18-15(10)23(35)17-19(25(18)37)26(38)20(28(31)40)27(39)21(17)33(2)3/h4-10,15,17,19,21,23,34-35,37,39H,1-3H3,(H2,31,40)(H,32,41)/t10-,15?,17?,19?,21-,23-/m0/s1. The molecule has 2 aromatic carbocycles. The molecule has 7 N–H and O–H groups in total. The largest absolute Gasteiger partial charge is 0.511 e. The minimum absolute atomic E-state index is 0.0170. The molecule has 3 aliphatic carbocycles. The van der Waals surface area contributed by atoms with Gasteiger partial charge in [0.25, 0.3) is 5.91 Å². The molecule has 0 heterocycles. The molecule has 0 bridgehead atoms. The van der Waals surface area contributed by atoms with E-state index in [1.807, 2.05) is 0 Å². The van der Waals surface area contributed by atoms with Crippen LogP contribution < -0.4 is 15.8 Å². The highest BCUT2D eigenvalue weighted by Gasteiger charge is 2.59. The normalized spacial score (nSPS) is 26.9. The molecule has 0 spiro atoms. The number of phenolic OH excluding ortho intramolecular Hbond substituents is 1. The molecule has 3 unspecified atom stereocenters. The Morgan fingerprint density at radius 1 is 1.02 bits per heavy atom. The van der Waals surface area contributed by atoms with Crippen molar-refractivity contribution < 1.29 is 48.7 Å². The molecule has 0 saturated heterocycles. The number of carbonyl (C=O) groups excluding carboxylic acids is 4. The van der Waals surface area contributed by atoms with Crippen molar-refractivity contribution in [3.05, 3.63) is 76.0 Å². The summed E-state index contributed by atoms with van der Waals surface area (Å²) in [4.78, 5) is 53.3. The molecule has 3 aliphatic rings. The summed E-state index contributed by atoms with van der Waals surface area (Å²) in [5.74, 6) is -10.1. The first-order chi connectivity index (χ1) is 19.8. The number of nitrogens with zero attached hydrogens (tertiary/aromatic N) is 1. The SMILES string of the molecule is C[C@H]1c2ccc(NC(=O)Oc3ccc(F)cc3)c(O)c2C(=O)C2=C(O)C3C(=O)C(C(N)=O)=C(O)[C@@H](N(C)C)C3[C@@H](O)C21. The second-order valence-corrected chi connectivity index (χ2v) is 10.8. The smallest absolute Gasteiger partial charge is 0.417 e. The van der Waals surface area contributed by atoms with Gasteiger partial charge in [-0.1, -0.05) is 13.0 Å². The maximum absolute atomic E-state index is 13.9. The van der Waals surface area contributed by atoms with Crippen LogP contribution in [0.2, 0.25) is 0 Å². The van der Waals surface area contributed by atoms with E-state index in [1.165, 1.54) is 29.2 Å². The van der Waals surface area contributed by atoms with Gasteiger partial charge in [0.05, 0.1) is 29.3 Å². The van der Waals surface area contributed by atoms with E-state index in [-0.39, 0.29) is 22.6 Å². The Kier molecular flexibility index (Phi) is 7.03. The highest BCUT2D eigenvalue weighted by Crippen LogP contribution is 2.54. The van der Waals surface area contributed by atoms with Gasteiger partial charge in [0.15, 0.2) is 17.3 Å². The van der Waals surface area contributed by atoms with Crippen molar-refractivity contribution in [3.63, 3.8) is 0 Å². The molecule has 0 aromatic heterocycles. The number of aliphatic hydroxyl groups excluding tert-OH is 3. The maximum atomic E-state index is 13.9. The minimum Gasteiger partial charge on any atom is -0.511 e. The van der Waals surface area contributed by atoms with Gasteiger partial charge in [-0.15, -0.1) is 0 Å². The number of benzene rings is 2. The summed E-state index contributed by atoms with van der Waals surface area (Å²) < 4.78 is 18.2. The zero-order chi connectivity index (χ0) is 30.8. The first-order valence-corrected chi connectivity index (χ1v) is 13.0. The van der Waals surface area contributed by atoms with Crippen LogP contribution in [-0.2, 0) is 9.59 Å². The molecule has 6 atom stereocenters. The second-order valence-electron chi connectivity index (χ2n) is 10.8. The molecule has 220 valence electrons. The zero-order valence-corrected chi connectivity index (χ0v) is 22.7. The number of hydrogen-bond acceptors (Lipinski definition) is 10. The first kappa shape index (κ1) is 28.8. The summed E-state index contributed by atoms with van der Waals surface area (Å²) >= 11 is 0. The number of phenols is 1. The van der Waals surface area contributed by atoms with Crippen LogP contribution in [0.1, 0.15) is 28.8 Å². The van der Waals surface area contributed by atoms with Gasteiger partial charge in [0, 0.05) is 17.4 Å². The van der Waals surface area contributed by atoms with E-state index in [9.17, 15) is 44.0 Å². The van der Waals surface area contributed by atoms with Gasteiger partial charge in [-0.2, -0.15) is 0 Å². The van der Waals surface area contributed by atoms with Crippen LogP contribution in [0.25, 0.3) is 0 Å². The second kappa shape index (κ2) is 10.3. The lowest BCUT2D eigenvalue weighted by Crippen LogP contribution is -2.59. The number of ether oxygens (including phenoxy) is 1. The Bertz CT molecular complexity index is 1600. The molecule has 2 amide bonds. The summed E-state index contributed by atoms with van der Waals surface area (Å²) in [5, 5.41) is 47.3. The number of fused-ring (bicyclic) bond motifs is 3. The molecule has 0 saturated carbocycles. The number of rotatable bonds is 4. The van der Waals surface area contributed by atoms with Gasteiger partial charge >= 0.3 is 6.09 Å². The summed E-state index contributed by atoms with van der Waals surface area (Å²) in [6, 6.07) is 6.31. The number of carbonyl (C=O) groups is 4. The van der Waals surface area contributed by atoms with Crippen LogP contribution >= 0.6 is 0 Å². The van der Waals surface area contributed by atoms with Crippen molar-refractivity contribution in [1.82, 2.24) is 4.90 Å². The van der Waals surface area contributed by atoms with E-state index in [0.717, 1.165) is 12.1 Å². The summed E-state index contributed by atoms with van der Waals surface area (Å²) in [6.45, 7) is 1.65. The van der Waals surface area contributed by atoms with Gasteiger partial charge in [-0.3, -0.25) is 24.6 Å². The van der Waals surface area contributed by atoms with Crippen molar-refractivity contribution >= 4 is 29.3 Å². The number of Topliss-reactive ketones (excluding diaryl/α,β-unsaturated/α-hetero) is 2. The van der Waals surface area contributed by atoms with E-state index in [0.29, 0.717) is 5.56 Å². The molecule has 5 rings (SSSR count). The molecule has 12 nitrogen and oxygen atoms in total. The number of hydrogen-bond donors (Lipinski definition) is 6. The fourth-order valence-corrected chi connectivity index (χ4v) is 6.46. The third-order valence-corrected chi connectivity index (χ3v) is 8.26. The van der Waals surface area contributed by atoms with Crippen LogP contribution in [0.4, 0.5) is 14.9 Å². The molecule has 0 radical (unpaired) electrons. The topological polar surface area (TPSA) is 200 Å². The molecule has 2 aromatic rings. The Balaban J connectivity index is 1.57. The summed E-state index contributed by atoms with van der Waals surface area (Å²) in [7, 11) is 3.10. The fraction of sp³-hybridized carbons (Fsp3) is 0.310. The van der Waals surface area contributed by atoms with Crippen molar-refractivity contribution in [2.45, 2.75) is 25.0 Å². The quantitative estimate of drug-likeness (QED) is 0.230. The van der Waals surface area contributed by atoms with E-state index in [2.05, 4.69) is 5.32 Å². The number of allylic oxidation sites excluding steroid dienone is 1. The average Bonchev–Trinajstić information content (AvgIpc) is 2.91. The average molecular weight is 582 g/mol. The van der Waals surface area contributed by atoms with Gasteiger partial charge in [-0.25, -0.2) is 9.18 Å². The maximum Gasteiger partial charge on any atom is 0.417 e. The zero-order valence-electron chi connectivity index (χ0n) is 22.7. The highest BCUT2D eigenvalue weighted by atomic mass is 19.1. The fourth-order valence-electron chi connectivity index (χ4n) is 6.46. The Hall–Kier alpha value is -4.75. The molecular formula is C29H28FN3O9. The number of primary amides is 1. The number of halogens is 1. The number of nitrogens with two attached hydrogens (primary N) is 1. The summed E-state index contributed by atoms with van der Waals surface area (Å²) in [6.07, 6.45) is -2.50.